The van der Waals surface area contributed by atoms with Gasteiger partial charge in [0.25, 0.3) is 5.91 Å². The zero-order valence-corrected chi connectivity index (χ0v) is 11.9. The van der Waals surface area contributed by atoms with Gasteiger partial charge in [0.15, 0.2) is 0 Å². The van der Waals surface area contributed by atoms with Gasteiger partial charge in [0.1, 0.15) is 0 Å². The van der Waals surface area contributed by atoms with Gasteiger partial charge in [0.05, 0.1) is 17.9 Å². The topological polar surface area (TPSA) is 51.2 Å². The number of amides is 1. The summed E-state index contributed by atoms with van der Waals surface area (Å²) in [5.41, 5.74) is 1.94. The van der Waals surface area contributed by atoms with Gasteiger partial charge in [-0.2, -0.15) is 0 Å². The second kappa shape index (κ2) is 7.03. The van der Waals surface area contributed by atoms with Crippen LogP contribution in [0.1, 0.15) is 23.0 Å². The lowest BCUT2D eigenvalue weighted by Gasteiger charge is -2.06. The Morgan fingerprint density at radius 1 is 1.35 bits per heavy atom. The summed E-state index contributed by atoms with van der Waals surface area (Å²) in [6.07, 6.45) is 1.54. The molecule has 1 aromatic carbocycles. The molecule has 2 rings (SSSR count). The first-order valence-corrected chi connectivity index (χ1v) is 6.66. The fourth-order valence-corrected chi connectivity index (χ4v) is 1.81. The first kappa shape index (κ1) is 14.5. The van der Waals surface area contributed by atoms with Gasteiger partial charge in [-0.3, -0.25) is 9.78 Å². The van der Waals surface area contributed by atoms with Gasteiger partial charge in [-0.15, -0.1) is 0 Å². The van der Waals surface area contributed by atoms with Gasteiger partial charge in [0, 0.05) is 23.5 Å². The van der Waals surface area contributed by atoms with Gasteiger partial charge < -0.3 is 10.1 Å². The highest BCUT2D eigenvalue weighted by Crippen LogP contribution is 2.15. The van der Waals surface area contributed by atoms with Crippen LogP contribution in [0.4, 0.5) is 5.69 Å². The predicted octanol–water partition coefficient (Wildman–Crippen LogP) is 3.52. The van der Waals surface area contributed by atoms with E-state index in [-0.39, 0.29) is 5.91 Å². The van der Waals surface area contributed by atoms with Crippen molar-refractivity contribution in [3.8, 4) is 0 Å². The molecule has 104 valence electrons. The van der Waals surface area contributed by atoms with Gasteiger partial charge in [-0.05, 0) is 37.3 Å². The maximum Gasteiger partial charge on any atom is 0.257 e. The monoisotopic (exact) mass is 290 g/mol. The van der Waals surface area contributed by atoms with E-state index in [1.54, 1.807) is 36.4 Å². The van der Waals surface area contributed by atoms with Crippen molar-refractivity contribution in [1.29, 1.82) is 0 Å². The van der Waals surface area contributed by atoms with Gasteiger partial charge >= 0.3 is 0 Å². The molecule has 0 aliphatic rings. The second-order valence-corrected chi connectivity index (χ2v) is 4.58. The fraction of sp³-hybridized carbons (Fsp3) is 0.200. The number of halogens is 1. The molecule has 0 fully saturated rings. The van der Waals surface area contributed by atoms with E-state index in [2.05, 4.69) is 10.3 Å². The molecule has 4 nitrogen and oxygen atoms in total. The summed E-state index contributed by atoms with van der Waals surface area (Å²) < 4.78 is 5.25. The van der Waals surface area contributed by atoms with Crippen LogP contribution in [0, 0.1) is 0 Å². The minimum absolute atomic E-state index is 0.220. The van der Waals surface area contributed by atoms with E-state index in [4.69, 9.17) is 16.3 Å². The molecule has 2 aromatic rings. The van der Waals surface area contributed by atoms with Crippen LogP contribution >= 0.6 is 11.6 Å². The van der Waals surface area contributed by atoms with Crippen LogP contribution < -0.4 is 5.32 Å². The van der Waals surface area contributed by atoms with E-state index in [9.17, 15) is 4.79 Å². The summed E-state index contributed by atoms with van der Waals surface area (Å²) in [5, 5.41) is 3.34. The number of anilines is 1. The van der Waals surface area contributed by atoms with Crippen molar-refractivity contribution in [1.82, 2.24) is 4.98 Å². The Balaban J connectivity index is 2.02. The predicted molar refractivity (Wildman–Crippen MR) is 79.0 cm³/mol. The summed E-state index contributed by atoms with van der Waals surface area (Å²) in [4.78, 5) is 16.2. The number of hydrogen-bond donors (Lipinski definition) is 1. The third-order valence-electron chi connectivity index (χ3n) is 2.62. The average molecular weight is 291 g/mol. The van der Waals surface area contributed by atoms with Crippen molar-refractivity contribution in [3.05, 3.63) is 58.9 Å². The average Bonchev–Trinajstić information content (AvgIpc) is 2.45. The molecule has 20 heavy (non-hydrogen) atoms. The molecule has 1 heterocycles. The molecule has 1 amide bonds. The highest BCUT2D eigenvalue weighted by atomic mass is 35.5. The third kappa shape index (κ3) is 4.05. The zero-order chi connectivity index (χ0) is 14.4. The Kier molecular flexibility index (Phi) is 5.09. The number of aromatic nitrogens is 1. The van der Waals surface area contributed by atoms with Gasteiger partial charge in [-0.1, -0.05) is 17.7 Å². The normalized spacial score (nSPS) is 10.3. The molecule has 0 aliphatic heterocycles. The Bertz CT molecular complexity index is 585. The smallest absolute Gasteiger partial charge is 0.257 e. The summed E-state index contributed by atoms with van der Waals surface area (Å²) in [6.45, 7) is 3.01. The minimum atomic E-state index is -0.220. The lowest BCUT2D eigenvalue weighted by Crippen LogP contribution is -2.12. The standard InChI is InChI=1S/C15H15ClN2O2/c1-2-20-10-14-7-6-11(9-17-14)15(19)18-13-5-3-4-12(16)8-13/h3-9H,2,10H2,1H3,(H,18,19). The highest BCUT2D eigenvalue weighted by Gasteiger charge is 2.07. The van der Waals surface area contributed by atoms with Crippen molar-refractivity contribution in [2.45, 2.75) is 13.5 Å². The minimum Gasteiger partial charge on any atom is -0.375 e. The molecule has 0 bridgehead atoms. The molecular formula is C15H15ClN2O2. The van der Waals surface area contributed by atoms with Crippen molar-refractivity contribution in [3.63, 3.8) is 0 Å². The lowest BCUT2D eigenvalue weighted by atomic mass is 10.2. The fourth-order valence-electron chi connectivity index (χ4n) is 1.62. The number of carbonyl (C=O) groups is 1. The van der Waals surface area contributed by atoms with Gasteiger partial charge in [-0.25, -0.2) is 0 Å². The molecule has 1 aromatic heterocycles. The first-order chi connectivity index (χ1) is 9.69. The molecule has 0 atom stereocenters. The zero-order valence-electron chi connectivity index (χ0n) is 11.1. The van der Waals surface area contributed by atoms with Crippen LogP contribution in [0.15, 0.2) is 42.6 Å². The number of benzene rings is 1. The lowest BCUT2D eigenvalue weighted by molar-refractivity contribution is 0.102. The maximum atomic E-state index is 12.0. The molecule has 0 aliphatic carbocycles. The Morgan fingerprint density at radius 2 is 2.20 bits per heavy atom. The number of rotatable bonds is 5. The van der Waals surface area contributed by atoms with Gasteiger partial charge in [0.2, 0.25) is 0 Å². The second-order valence-electron chi connectivity index (χ2n) is 4.14. The van der Waals surface area contributed by atoms with Crippen LogP contribution in [0.2, 0.25) is 5.02 Å². The summed E-state index contributed by atoms with van der Waals surface area (Å²) >= 11 is 5.87. The van der Waals surface area contributed by atoms with E-state index in [0.29, 0.717) is 29.5 Å². The van der Waals surface area contributed by atoms with Crippen molar-refractivity contribution in [2.24, 2.45) is 0 Å². The highest BCUT2D eigenvalue weighted by molar-refractivity contribution is 6.30. The molecule has 0 saturated heterocycles. The quantitative estimate of drug-likeness (QED) is 0.916. The number of nitrogens with one attached hydrogen (secondary N) is 1. The molecule has 0 saturated carbocycles. The number of carbonyl (C=O) groups excluding carboxylic acids is 1. The molecule has 0 spiro atoms. The Hall–Kier alpha value is -1.91. The van der Waals surface area contributed by atoms with Crippen molar-refractivity contribution in [2.75, 3.05) is 11.9 Å². The van der Waals surface area contributed by atoms with E-state index < -0.39 is 0 Å². The SMILES string of the molecule is CCOCc1ccc(C(=O)Nc2cccc(Cl)c2)cn1. The number of ether oxygens (including phenoxy) is 1. The van der Waals surface area contributed by atoms with Crippen molar-refractivity contribution >= 4 is 23.2 Å². The molecule has 5 heteroatoms. The van der Waals surface area contributed by atoms with Crippen molar-refractivity contribution < 1.29 is 9.53 Å². The Labute approximate surface area is 122 Å². The molecule has 0 radical (unpaired) electrons. The van der Waals surface area contributed by atoms with Crippen LogP contribution in [-0.2, 0) is 11.3 Å². The summed E-state index contributed by atoms with van der Waals surface area (Å²) in [5.74, 6) is -0.220. The van der Waals surface area contributed by atoms with Crippen LogP contribution in [-0.4, -0.2) is 17.5 Å². The van der Waals surface area contributed by atoms with Crippen LogP contribution in [0.3, 0.4) is 0 Å². The number of hydrogen-bond acceptors (Lipinski definition) is 3. The molecule has 0 unspecified atom stereocenters. The first-order valence-electron chi connectivity index (χ1n) is 6.28. The summed E-state index contributed by atoms with van der Waals surface area (Å²) in [7, 11) is 0. The number of nitrogens with zero attached hydrogens (tertiary/aromatic N) is 1. The maximum absolute atomic E-state index is 12.0. The third-order valence-corrected chi connectivity index (χ3v) is 2.86. The van der Waals surface area contributed by atoms with E-state index in [0.717, 1.165) is 5.69 Å². The van der Waals surface area contributed by atoms with E-state index in [1.165, 1.54) is 6.20 Å². The summed E-state index contributed by atoms with van der Waals surface area (Å²) in [6, 6.07) is 10.5. The molecular weight excluding hydrogens is 276 g/mol. The number of pyridine rings is 1. The van der Waals surface area contributed by atoms with Crippen LogP contribution in [0.25, 0.3) is 0 Å². The largest absolute Gasteiger partial charge is 0.375 e. The van der Waals surface area contributed by atoms with Crippen LogP contribution in [0.5, 0.6) is 0 Å². The van der Waals surface area contributed by atoms with E-state index in [1.807, 2.05) is 6.92 Å². The Morgan fingerprint density at radius 3 is 2.85 bits per heavy atom. The molecule has 1 N–H and O–H groups in total. The van der Waals surface area contributed by atoms with E-state index >= 15 is 0 Å².